The molecule has 1 amide bonds. The maximum Gasteiger partial charge on any atom is 0.249 e. The number of carbonyl (C=O) groups is 1. The van der Waals surface area contributed by atoms with Crippen molar-refractivity contribution in [1.29, 1.82) is 5.26 Å². The Morgan fingerprint density at radius 3 is 2.71 bits per heavy atom. The first-order chi connectivity index (χ1) is 11.7. The fourth-order valence-electron chi connectivity index (χ4n) is 2.95. The van der Waals surface area contributed by atoms with Crippen LogP contribution in [0, 0.1) is 18.3 Å². The molecule has 122 valence electrons. The number of hydrogen-bond donors (Lipinski definition) is 1. The van der Waals surface area contributed by atoms with Crippen LogP contribution in [0.15, 0.2) is 30.3 Å². The van der Waals surface area contributed by atoms with Crippen molar-refractivity contribution in [2.75, 3.05) is 5.32 Å². The second-order valence-electron chi connectivity index (χ2n) is 6.11. The third-order valence-electron chi connectivity index (χ3n) is 4.27. The van der Waals surface area contributed by atoms with E-state index < -0.39 is 0 Å². The lowest BCUT2D eigenvalue weighted by Gasteiger charge is -2.01. The number of hydrogen-bond acceptors (Lipinski definition) is 3. The van der Waals surface area contributed by atoms with Crippen molar-refractivity contribution in [1.82, 2.24) is 0 Å². The normalized spacial score (nSPS) is 14.0. The van der Waals surface area contributed by atoms with Crippen molar-refractivity contribution in [2.45, 2.75) is 39.0 Å². The largest absolute Gasteiger partial charge is 0.313 e. The van der Waals surface area contributed by atoms with Gasteiger partial charge in [-0.3, -0.25) is 4.79 Å². The minimum Gasteiger partial charge on any atom is -0.313 e. The van der Waals surface area contributed by atoms with E-state index in [2.05, 4.69) is 11.4 Å². The Bertz CT molecular complexity index is 809. The Balaban J connectivity index is 1.75. The minimum atomic E-state index is -0.191. The lowest BCUT2D eigenvalue weighted by Crippen LogP contribution is -2.07. The molecular weight excluding hydrogens is 316 g/mol. The van der Waals surface area contributed by atoms with Crippen LogP contribution >= 0.6 is 11.3 Å². The van der Waals surface area contributed by atoms with Gasteiger partial charge in [0.2, 0.25) is 5.91 Å². The highest BCUT2D eigenvalue weighted by Crippen LogP contribution is 2.36. The van der Waals surface area contributed by atoms with E-state index in [1.54, 1.807) is 17.4 Å². The maximum absolute atomic E-state index is 12.2. The van der Waals surface area contributed by atoms with Crippen LogP contribution in [0.5, 0.6) is 0 Å². The van der Waals surface area contributed by atoms with E-state index in [0.29, 0.717) is 10.6 Å². The molecule has 0 fully saturated rings. The van der Waals surface area contributed by atoms with E-state index in [0.717, 1.165) is 30.4 Å². The summed E-state index contributed by atoms with van der Waals surface area (Å²) in [6.45, 7) is 2.03. The van der Waals surface area contributed by atoms with Crippen molar-refractivity contribution in [3.8, 4) is 6.07 Å². The molecule has 0 unspecified atom stereocenters. The van der Waals surface area contributed by atoms with Gasteiger partial charge in [0, 0.05) is 11.0 Å². The second kappa shape index (κ2) is 7.46. The SMILES string of the molecule is Cc1ccc(C=CC(=O)Nc2sc3c(c2C#N)CCCCC3)cc1. The number of thiophene rings is 1. The number of amides is 1. The Hall–Kier alpha value is -2.38. The fraction of sp³-hybridized carbons (Fsp3) is 0.300. The van der Waals surface area contributed by atoms with E-state index in [-0.39, 0.29) is 5.91 Å². The van der Waals surface area contributed by atoms with Gasteiger partial charge in [-0.15, -0.1) is 11.3 Å². The molecule has 0 atom stereocenters. The van der Waals surface area contributed by atoms with Gasteiger partial charge in [-0.25, -0.2) is 0 Å². The van der Waals surface area contributed by atoms with Gasteiger partial charge in [0.1, 0.15) is 11.1 Å². The van der Waals surface area contributed by atoms with Crippen molar-refractivity contribution in [3.05, 3.63) is 57.5 Å². The van der Waals surface area contributed by atoms with E-state index >= 15 is 0 Å². The molecule has 0 radical (unpaired) electrons. The van der Waals surface area contributed by atoms with Gasteiger partial charge in [0.05, 0.1) is 5.56 Å². The number of aryl methyl sites for hydroxylation is 2. The molecule has 0 spiro atoms. The standard InChI is InChI=1S/C20H20N2OS/c1-14-7-9-15(10-8-14)11-12-19(23)22-20-17(13-21)16-5-3-2-4-6-18(16)24-20/h7-12H,2-6H2,1H3,(H,22,23). The number of carbonyl (C=O) groups excluding carboxylic acids is 1. The van der Waals surface area contributed by atoms with Crippen molar-refractivity contribution >= 4 is 28.3 Å². The summed E-state index contributed by atoms with van der Waals surface area (Å²) < 4.78 is 0. The van der Waals surface area contributed by atoms with Crippen LogP contribution in [0.1, 0.15) is 46.4 Å². The van der Waals surface area contributed by atoms with Gasteiger partial charge in [0.25, 0.3) is 0 Å². The molecule has 1 N–H and O–H groups in total. The molecule has 1 aromatic heterocycles. The number of rotatable bonds is 3. The minimum absolute atomic E-state index is 0.191. The Labute approximate surface area is 146 Å². The summed E-state index contributed by atoms with van der Waals surface area (Å²) in [4.78, 5) is 13.5. The van der Waals surface area contributed by atoms with Crippen LogP contribution in [0.3, 0.4) is 0 Å². The Morgan fingerprint density at radius 1 is 1.21 bits per heavy atom. The van der Waals surface area contributed by atoms with Crippen LogP contribution in [-0.2, 0) is 17.6 Å². The van der Waals surface area contributed by atoms with Gasteiger partial charge >= 0.3 is 0 Å². The third kappa shape index (κ3) is 3.74. The first kappa shape index (κ1) is 16.5. The molecule has 4 heteroatoms. The van der Waals surface area contributed by atoms with Gasteiger partial charge in [-0.05, 0) is 49.8 Å². The average Bonchev–Trinajstić information content (AvgIpc) is 2.74. The van der Waals surface area contributed by atoms with Crippen molar-refractivity contribution in [2.24, 2.45) is 0 Å². The molecule has 0 aliphatic heterocycles. The van der Waals surface area contributed by atoms with Crippen LogP contribution in [-0.4, -0.2) is 5.91 Å². The van der Waals surface area contributed by atoms with Crippen molar-refractivity contribution in [3.63, 3.8) is 0 Å². The number of nitrogens with zero attached hydrogens (tertiary/aromatic N) is 1. The topological polar surface area (TPSA) is 52.9 Å². The summed E-state index contributed by atoms with van der Waals surface area (Å²) >= 11 is 1.56. The summed E-state index contributed by atoms with van der Waals surface area (Å²) in [6.07, 6.45) is 8.79. The number of anilines is 1. The summed E-state index contributed by atoms with van der Waals surface area (Å²) in [5.74, 6) is -0.191. The highest BCUT2D eigenvalue weighted by molar-refractivity contribution is 7.16. The highest BCUT2D eigenvalue weighted by atomic mass is 32.1. The molecule has 3 nitrogen and oxygen atoms in total. The smallest absolute Gasteiger partial charge is 0.249 e. The van der Waals surface area contributed by atoms with Gasteiger partial charge in [-0.2, -0.15) is 5.26 Å². The Morgan fingerprint density at radius 2 is 1.96 bits per heavy atom. The monoisotopic (exact) mass is 336 g/mol. The molecule has 24 heavy (non-hydrogen) atoms. The summed E-state index contributed by atoms with van der Waals surface area (Å²) in [6, 6.07) is 10.3. The van der Waals surface area contributed by atoms with E-state index in [1.807, 2.05) is 31.2 Å². The number of nitrogens with one attached hydrogen (secondary N) is 1. The lowest BCUT2D eigenvalue weighted by atomic mass is 10.1. The van der Waals surface area contributed by atoms with Gasteiger partial charge < -0.3 is 5.32 Å². The zero-order valence-electron chi connectivity index (χ0n) is 13.8. The summed E-state index contributed by atoms with van der Waals surface area (Å²) in [5, 5.41) is 13.1. The molecule has 1 aliphatic carbocycles. The van der Waals surface area contributed by atoms with Crippen LogP contribution in [0.2, 0.25) is 0 Å². The molecule has 0 bridgehead atoms. The van der Waals surface area contributed by atoms with Gasteiger partial charge in [0.15, 0.2) is 0 Å². The molecule has 1 aromatic carbocycles. The van der Waals surface area contributed by atoms with Crippen LogP contribution in [0.4, 0.5) is 5.00 Å². The summed E-state index contributed by atoms with van der Waals surface area (Å²) in [5.41, 5.74) is 3.99. The zero-order chi connectivity index (χ0) is 16.9. The van der Waals surface area contributed by atoms with Crippen molar-refractivity contribution < 1.29 is 4.79 Å². The summed E-state index contributed by atoms with van der Waals surface area (Å²) in [7, 11) is 0. The lowest BCUT2D eigenvalue weighted by molar-refractivity contribution is -0.111. The van der Waals surface area contributed by atoms with Crippen LogP contribution < -0.4 is 5.32 Å². The Kier molecular flexibility index (Phi) is 5.12. The molecule has 1 heterocycles. The average molecular weight is 336 g/mol. The molecule has 2 aromatic rings. The maximum atomic E-state index is 12.2. The van der Waals surface area contributed by atoms with E-state index in [9.17, 15) is 10.1 Å². The first-order valence-electron chi connectivity index (χ1n) is 8.28. The quantitative estimate of drug-likeness (QED) is 0.643. The predicted octanol–water partition coefficient (Wildman–Crippen LogP) is 4.85. The number of fused-ring (bicyclic) bond motifs is 1. The number of benzene rings is 1. The zero-order valence-corrected chi connectivity index (χ0v) is 14.6. The number of nitriles is 1. The third-order valence-corrected chi connectivity index (χ3v) is 5.48. The highest BCUT2D eigenvalue weighted by Gasteiger charge is 2.20. The van der Waals surface area contributed by atoms with Gasteiger partial charge in [-0.1, -0.05) is 36.2 Å². The fourth-order valence-corrected chi connectivity index (χ4v) is 4.19. The molecule has 1 aliphatic rings. The molecule has 0 saturated heterocycles. The molecule has 3 rings (SSSR count). The van der Waals surface area contributed by atoms with E-state index in [4.69, 9.17) is 0 Å². The second-order valence-corrected chi connectivity index (χ2v) is 7.22. The first-order valence-corrected chi connectivity index (χ1v) is 9.09. The van der Waals surface area contributed by atoms with Crippen LogP contribution in [0.25, 0.3) is 6.08 Å². The predicted molar refractivity (Wildman–Crippen MR) is 99.1 cm³/mol. The van der Waals surface area contributed by atoms with E-state index in [1.165, 1.54) is 29.4 Å². The molecule has 0 saturated carbocycles. The molecular formula is C20H20N2OS.